The third-order valence-corrected chi connectivity index (χ3v) is 23.7. The van der Waals surface area contributed by atoms with E-state index in [2.05, 4.69) is 211 Å². The van der Waals surface area contributed by atoms with Crippen LogP contribution in [-0.4, -0.2) is 59.4 Å². The summed E-state index contributed by atoms with van der Waals surface area (Å²) in [5, 5.41) is 0. The zero-order chi connectivity index (χ0) is 48.1. The first-order valence-corrected chi connectivity index (χ1v) is 30.1. The topological polar surface area (TPSA) is 36.9 Å². The number of rotatable bonds is 19. The Hall–Kier alpha value is -3.98. The molecule has 6 aromatic carbocycles. The monoisotopic (exact) mass is 971 g/mol. The van der Waals surface area contributed by atoms with Crippen LogP contribution >= 0.6 is 15.8 Å². The molecule has 6 aromatic rings. The van der Waals surface area contributed by atoms with Gasteiger partial charge in [0.05, 0.1) is 24.4 Å². The zero-order valence-corrected chi connectivity index (χ0v) is 44.2. The van der Waals surface area contributed by atoms with Crippen LogP contribution in [0.4, 0.5) is 0 Å². The Morgan fingerprint density at radius 2 is 0.614 bits per heavy atom. The fourth-order valence-corrected chi connectivity index (χ4v) is 21.4. The summed E-state index contributed by atoms with van der Waals surface area (Å²) in [4.78, 5) is 0. The first kappa shape index (κ1) is 49.6. The average molecular weight is 971 g/mol. The van der Waals surface area contributed by atoms with E-state index in [4.69, 9.17) is 18.9 Å². The molecule has 4 fully saturated rings. The quantitative estimate of drug-likeness (QED) is 0.0758. The molecule has 0 amide bonds. The van der Waals surface area contributed by atoms with Crippen molar-refractivity contribution in [3.05, 3.63) is 214 Å². The van der Waals surface area contributed by atoms with Crippen LogP contribution in [0.1, 0.15) is 123 Å². The van der Waals surface area contributed by atoms with Crippen LogP contribution in [0.2, 0.25) is 0 Å². The molecule has 0 spiro atoms. The summed E-state index contributed by atoms with van der Waals surface area (Å²) in [5.41, 5.74) is 12.2. The van der Waals surface area contributed by atoms with Crippen LogP contribution in [0, 0.1) is 11.8 Å². The molecule has 0 aliphatic carbocycles. The van der Waals surface area contributed by atoms with E-state index in [-0.39, 0.29) is 37.0 Å². The molecule has 0 radical (unpaired) electrons. The van der Waals surface area contributed by atoms with E-state index in [0.29, 0.717) is 46.3 Å². The van der Waals surface area contributed by atoms with Gasteiger partial charge < -0.3 is 18.9 Å². The highest BCUT2D eigenvalue weighted by Crippen LogP contribution is 2.67. The second-order valence-electron chi connectivity index (χ2n) is 21.4. The Balaban J connectivity index is 0.978. The van der Waals surface area contributed by atoms with Crippen molar-refractivity contribution in [1.29, 1.82) is 0 Å². The maximum absolute atomic E-state index is 7.31. The van der Waals surface area contributed by atoms with E-state index < -0.39 is 15.8 Å². The van der Waals surface area contributed by atoms with Gasteiger partial charge in [-0.1, -0.05) is 227 Å². The van der Waals surface area contributed by atoms with Crippen LogP contribution < -0.4 is 0 Å². The minimum atomic E-state index is -0.527. The minimum Gasteiger partial charge on any atom is -0.342 e. The number of hydrogen-bond donors (Lipinski definition) is 0. The van der Waals surface area contributed by atoms with Gasteiger partial charge in [0, 0.05) is 33.8 Å². The van der Waals surface area contributed by atoms with Crippen LogP contribution in [0.5, 0.6) is 0 Å². The normalized spacial score (nSPS) is 29.1. The fourth-order valence-electron chi connectivity index (χ4n) is 13.0. The minimum absolute atomic E-state index is 0.0340. The van der Waals surface area contributed by atoms with Gasteiger partial charge in [0.15, 0.2) is 12.6 Å². The van der Waals surface area contributed by atoms with Gasteiger partial charge in [-0.25, -0.2) is 0 Å². The molecular weight excluding hydrogens is 895 g/mol. The lowest BCUT2D eigenvalue weighted by Gasteiger charge is -2.34. The second-order valence-corrected chi connectivity index (χ2v) is 27.0. The van der Waals surface area contributed by atoms with Gasteiger partial charge in [0.25, 0.3) is 0 Å². The maximum Gasteiger partial charge on any atom is 0.184 e. The predicted octanol–water partition coefficient (Wildman–Crippen LogP) is 15.7. The summed E-state index contributed by atoms with van der Waals surface area (Å²) in [6, 6.07) is 63.4. The van der Waals surface area contributed by atoms with Crippen molar-refractivity contribution < 1.29 is 18.9 Å². The summed E-state index contributed by atoms with van der Waals surface area (Å²) in [6.07, 6.45) is 8.11. The third kappa shape index (κ3) is 10.9. The number of ether oxygens (including phenoxy) is 4. The molecule has 4 saturated heterocycles. The highest BCUT2D eigenvalue weighted by atomic mass is 31.1. The van der Waals surface area contributed by atoms with Crippen molar-refractivity contribution in [2.75, 3.05) is 12.3 Å². The van der Waals surface area contributed by atoms with Crippen molar-refractivity contribution in [3.63, 3.8) is 0 Å². The predicted molar refractivity (Wildman–Crippen MR) is 293 cm³/mol. The summed E-state index contributed by atoms with van der Waals surface area (Å²) in [6.45, 7) is 14.0. The van der Waals surface area contributed by atoms with Crippen LogP contribution in [0.3, 0.4) is 0 Å². The van der Waals surface area contributed by atoms with Gasteiger partial charge in [0.1, 0.15) is 0 Å². The van der Waals surface area contributed by atoms with Crippen LogP contribution in [0.15, 0.2) is 170 Å². The molecule has 0 aromatic heterocycles. The first-order valence-electron chi connectivity index (χ1n) is 26.7. The van der Waals surface area contributed by atoms with E-state index >= 15 is 0 Å². The molecule has 4 aliphatic rings. The molecule has 0 N–H and O–H groups in total. The van der Waals surface area contributed by atoms with Gasteiger partial charge in [-0.2, -0.15) is 0 Å². The molecule has 70 heavy (non-hydrogen) atoms. The van der Waals surface area contributed by atoms with E-state index in [1.54, 1.807) is 0 Å². The summed E-state index contributed by atoms with van der Waals surface area (Å²) >= 11 is 0. The molecule has 10 unspecified atom stereocenters. The number of hydrogen-bond acceptors (Lipinski definition) is 4. The molecule has 10 rings (SSSR count). The van der Waals surface area contributed by atoms with Crippen LogP contribution in [-0.2, 0) is 44.6 Å². The lowest BCUT2D eigenvalue weighted by molar-refractivity contribution is -0.0714. The molecule has 6 heteroatoms. The Kier molecular flexibility index (Phi) is 16.2. The molecular formula is C64H76O4P2. The Labute approximate surface area is 422 Å². The SMILES string of the molecule is CCC(c1ccc(C2OC3C(O2)C(Cc2ccccc2)P(CCP2C(Cc4ccccc4)C4OC(c5ccc(C(CC)C(C)C)cc5)OC4C2Cc2ccccc2)C3Cc2ccccc2)cc1)C(C)C. The Morgan fingerprint density at radius 1 is 0.357 bits per heavy atom. The largest absolute Gasteiger partial charge is 0.342 e. The van der Waals surface area contributed by atoms with Crippen LogP contribution in [0.25, 0.3) is 0 Å². The van der Waals surface area contributed by atoms with Gasteiger partial charge in [-0.05, 0) is 108 Å². The Bertz CT molecular complexity index is 2230. The molecule has 4 nitrogen and oxygen atoms in total. The van der Waals surface area contributed by atoms with Crippen molar-refractivity contribution >= 4 is 15.8 Å². The summed E-state index contributed by atoms with van der Waals surface area (Å²) in [5.74, 6) is 2.30. The summed E-state index contributed by atoms with van der Waals surface area (Å²) < 4.78 is 29.3. The van der Waals surface area contributed by atoms with Gasteiger partial charge in [0.2, 0.25) is 0 Å². The van der Waals surface area contributed by atoms with Gasteiger partial charge >= 0.3 is 0 Å². The Morgan fingerprint density at radius 3 is 0.843 bits per heavy atom. The first-order chi connectivity index (χ1) is 34.3. The standard InChI is InChI=1S/C64H76O4P2/c1-7-53(43(3)4)49-29-33-51(34-30-49)63-65-59-55(39-45-21-13-9-14-22-45)69(56(60(59)66-63)40-46-23-15-10-16-24-46)37-38-70-57(41-47-25-17-11-18-26-47)61-62(58(70)42-48-27-19-12-20-28-48)68-64(67-61)52-35-31-50(32-36-52)54(8-2)44(5)6/h9-36,43-44,53-64H,7-8,37-42H2,1-6H3. The van der Waals surface area contributed by atoms with Crippen molar-refractivity contribution in [1.82, 2.24) is 0 Å². The average Bonchev–Trinajstić information content (AvgIpc) is 4.14. The number of benzene rings is 6. The van der Waals surface area contributed by atoms with Crippen molar-refractivity contribution in [2.45, 2.75) is 152 Å². The van der Waals surface area contributed by atoms with E-state index in [1.807, 2.05) is 0 Å². The highest BCUT2D eigenvalue weighted by Gasteiger charge is 2.59. The van der Waals surface area contributed by atoms with E-state index in [0.717, 1.165) is 49.7 Å². The molecule has 366 valence electrons. The maximum atomic E-state index is 7.31. The lowest BCUT2D eigenvalue weighted by Crippen LogP contribution is -2.31. The smallest absolute Gasteiger partial charge is 0.184 e. The highest BCUT2D eigenvalue weighted by molar-refractivity contribution is 7.63. The number of fused-ring (bicyclic) bond motifs is 2. The van der Waals surface area contributed by atoms with Crippen molar-refractivity contribution in [2.24, 2.45) is 11.8 Å². The lowest BCUT2D eigenvalue weighted by atomic mass is 9.86. The molecule has 0 saturated carbocycles. The second kappa shape index (κ2) is 22.8. The molecule has 10 atom stereocenters. The molecule has 0 bridgehead atoms. The molecule has 4 aliphatic heterocycles. The fraction of sp³-hybridized carbons (Fsp3) is 0.438. The molecule has 4 heterocycles. The van der Waals surface area contributed by atoms with Gasteiger partial charge in [-0.15, -0.1) is 0 Å². The van der Waals surface area contributed by atoms with Gasteiger partial charge in [-0.3, -0.25) is 0 Å². The zero-order valence-electron chi connectivity index (χ0n) is 42.4. The van der Waals surface area contributed by atoms with E-state index in [9.17, 15) is 0 Å². The third-order valence-electron chi connectivity index (χ3n) is 16.5. The van der Waals surface area contributed by atoms with Crippen molar-refractivity contribution in [3.8, 4) is 0 Å². The van der Waals surface area contributed by atoms with E-state index in [1.165, 1.54) is 45.7 Å². The summed E-state index contributed by atoms with van der Waals surface area (Å²) in [7, 11) is -1.05.